The van der Waals surface area contributed by atoms with E-state index in [1.54, 1.807) is 6.08 Å². The highest BCUT2D eigenvalue weighted by molar-refractivity contribution is 5.86. The number of ether oxygens (including phenoxy) is 1. The second-order valence-corrected chi connectivity index (χ2v) is 3.14. The van der Waals surface area contributed by atoms with Crippen LogP contribution in [0.5, 0.6) is 0 Å². The van der Waals surface area contributed by atoms with Gasteiger partial charge >= 0.3 is 5.97 Å². The lowest BCUT2D eigenvalue weighted by Gasteiger charge is -1.99. The second-order valence-electron chi connectivity index (χ2n) is 3.14. The molecule has 0 heterocycles. The van der Waals surface area contributed by atoms with E-state index in [0.29, 0.717) is 6.54 Å². The van der Waals surface area contributed by atoms with Crippen molar-refractivity contribution in [2.24, 2.45) is 5.73 Å². The lowest BCUT2D eigenvalue weighted by molar-refractivity contribution is -0.134. The molecule has 0 bridgehead atoms. The highest BCUT2D eigenvalue weighted by atomic mass is 16.5. The molecule has 80 valence electrons. The molecule has 0 radical (unpaired) electrons. The van der Waals surface area contributed by atoms with Gasteiger partial charge in [-0.3, -0.25) is 0 Å². The maximum absolute atomic E-state index is 10.9. The van der Waals surface area contributed by atoms with Crippen LogP contribution in [-0.2, 0) is 16.0 Å². The molecule has 0 saturated heterocycles. The van der Waals surface area contributed by atoms with Crippen LogP contribution in [-0.4, -0.2) is 19.6 Å². The highest BCUT2D eigenvalue weighted by Gasteiger charge is 1.94. The van der Waals surface area contributed by atoms with Gasteiger partial charge in [0, 0.05) is 6.08 Å². The first-order valence-corrected chi connectivity index (χ1v) is 4.81. The number of rotatable bonds is 4. The maximum Gasteiger partial charge on any atom is 0.330 e. The van der Waals surface area contributed by atoms with Gasteiger partial charge in [-0.1, -0.05) is 24.3 Å². The van der Waals surface area contributed by atoms with Crippen LogP contribution in [0.4, 0.5) is 0 Å². The summed E-state index contributed by atoms with van der Waals surface area (Å²) in [7, 11) is 1.36. The Kier molecular flexibility index (Phi) is 4.57. The fourth-order valence-electron chi connectivity index (χ4n) is 1.25. The fourth-order valence-corrected chi connectivity index (χ4v) is 1.25. The SMILES string of the molecule is COC(=O)/C=C/c1cccc(CCN)c1. The smallest absolute Gasteiger partial charge is 0.330 e. The third-order valence-corrected chi connectivity index (χ3v) is 2.00. The summed E-state index contributed by atoms with van der Waals surface area (Å²) in [4.78, 5) is 10.9. The van der Waals surface area contributed by atoms with Crippen molar-refractivity contribution in [2.45, 2.75) is 6.42 Å². The Morgan fingerprint density at radius 3 is 3.00 bits per heavy atom. The van der Waals surface area contributed by atoms with E-state index < -0.39 is 0 Å². The Morgan fingerprint density at radius 1 is 1.53 bits per heavy atom. The number of methoxy groups -OCH3 is 1. The molecule has 1 aromatic carbocycles. The van der Waals surface area contributed by atoms with Crippen molar-refractivity contribution in [2.75, 3.05) is 13.7 Å². The van der Waals surface area contributed by atoms with E-state index in [1.165, 1.54) is 18.7 Å². The highest BCUT2D eigenvalue weighted by Crippen LogP contribution is 2.07. The van der Waals surface area contributed by atoms with Crippen LogP contribution < -0.4 is 5.73 Å². The molecule has 0 unspecified atom stereocenters. The largest absolute Gasteiger partial charge is 0.466 e. The zero-order valence-corrected chi connectivity index (χ0v) is 8.77. The molecule has 0 aliphatic heterocycles. The molecule has 1 aromatic rings. The number of benzene rings is 1. The Morgan fingerprint density at radius 2 is 2.33 bits per heavy atom. The summed E-state index contributed by atoms with van der Waals surface area (Å²) < 4.78 is 4.50. The Labute approximate surface area is 89.5 Å². The zero-order valence-electron chi connectivity index (χ0n) is 8.77. The molecular formula is C12H15NO2. The molecule has 2 N–H and O–H groups in total. The molecule has 1 rings (SSSR count). The van der Waals surface area contributed by atoms with E-state index in [2.05, 4.69) is 4.74 Å². The number of nitrogens with two attached hydrogens (primary N) is 1. The number of esters is 1. The van der Waals surface area contributed by atoms with Crippen molar-refractivity contribution < 1.29 is 9.53 Å². The van der Waals surface area contributed by atoms with Crippen molar-refractivity contribution in [3.05, 3.63) is 41.5 Å². The van der Waals surface area contributed by atoms with Crippen molar-refractivity contribution in [1.29, 1.82) is 0 Å². The predicted molar refractivity (Wildman–Crippen MR) is 60.3 cm³/mol. The van der Waals surface area contributed by atoms with Gasteiger partial charge in [-0.15, -0.1) is 0 Å². The van der Waals surface area contributed by atoms with Gasteiger partial charge in [0.1, 0.15) is 0 Å². The molecule has 0 saturated carbocycles. The van der Waals surface area contributed by atoms with E-state index in [0.717, 1.165) is 12.0 Å². The summed E-state index contributed by atoms with van der Waals surface area (Å²) in [5, 5.41) is 0. The summed E-state index contributed by atoms with van der Waals surface area (Å²) in [6, 6.07) is 7.90. The van der Waals surface area contributed by atoms with Gasteiger partial charge in [-0.25, -0.2) is 4.79 Å². The fraction of sp³-hybridized carbons (Fsp3) is 0.250. The van der Waals surface area contributed by atoms with E-state index >= 15 is 0 Å². The average Bonchev–Trinajstić information content (AvgIpc) is 2.27. The van der Waals surface area contributed by atoms with Crippen LogP contribution >= 0.6 is 0 Å². The van der Waals surface area contributed by atoms with Crippen LogP contribution in [0.15, 0.2) is 30.3 Å². The predicted octanol–water partition coefficient (Wildman–Crippen LogP) is 1.37. The van der Waals surface area contributed by atoms with Crippen molar-refractivity contribution in [3.63, 3.8) is 0 Å². The third-order valence-electron chi connectivity index (χ3n) is 2.00. The van der Waals surface area contributed by atoms with Gasteiger partial charge in [-0.05, 0) is 30.2 Å². The lowest BCUT2D eigenvalue weighted by atomic mass is 10.1. The molecule has 0 aliphatic carbocycles. The van der Waals surface area contributed by atoms with Crippen molar-refractivity contribution in [1.82, 2.24) is 0 Å². The average molecular weight is 205 g/mol. The van der Waals surface area contributed by atoms with Gasteiger partial charge in [0.2, 0.25) is 0 Å². The monoisotopic (exact) mass is 205 g/mol. The Hall–Kier alpha value is -1.61. The Bertz CT molecular complexity index is 358. The molecule has 3 nitrogen and oxygen atoms in total. The van der Waals surface area contributed by atoms with E-state index in [-0.39, 0.29) is 5.97 Å². The molecular weight excluding hydrogens is 190 g/mol. The number of carbonyl (C=O) groups is 1. The molecule has 0 aromatic heterocycles. The first-order chi connectivity index (χ1) is 7.26. The standard InChI is InChI=1S/C12H15NO2/c1-15-12(14)6-5-10-3-2-4-11(9-10)7-8-13/h2-6,9H,7-8,13H2,1H3/b6-5+. The summed E-state index contributed by atoms with van der Waals surface area (Å²) >= 11 is 0. The normalized spacial score (nSPS) is 10.5. The molecule has 3 heteroatoms. The minimum atomic E-state index is -0.348. The van der Waals surface area contributed by atoms with Crippen LogP contribution in [0.2, 0.25) is 0 Å². The van der Waals surface area contributed by atoms with Gasteiger partial charge in [0.05, 0.1) is 7.11 Å². The molecule has 0 spiro atoms. The zero-order chi connectivity index (χ0) is 11.1. The van der Waals surface area contributed by atoms with Gasteiger partial charge in [-0.2, -0.15) is 0 Å². The number of hydrogen-bond acceptors (Lipinski definition) is 3. The van der Waals surface area contributed by atoms with Crippen LogP contribution in [0.3, 0.4) is 0 Å². The van der Waals surface area contributed by atoms with E-state index in [9.17, 15) is 4.79 Å². The minimum Gasteiger partial charge on any atom is -0.466 e. The van der Waals surface area contributed by atoms with E-state index in [1.807, 2.05) is 24.3 Å². The lowest BCUT2D eigenvalue weighted by Crippen LogP contribution is -2.02. The number of carbonyl (C=O) groups excluding carboxylic acids is 1. The quantitative estimate of drug-likeness (QED) is 0.596. The summed E-state index contributed by atoms with van der Waals surface area (Å²) in [6.45, 7) is 0.629. The minimum absolute atomic E-state index is 0.348. The molecule has 0 fully saturated rings. The van der Waals surface area contributed by atoms with Crippen molar-refractivity contribution in [3.8, 4) is 0 Å². The van der Waals surface area contributed by atoms with Gasteiger partial charge in [0.15, 0.2) is 0 Å². The number of hydrogen-bond donors (Lipinski definition) is 1. The molecule has 0 atom stereocenters. The van der Waals surface area contributed by atoms with Crippen LogP contribution in [0.25, 0.3) is 6.08 Å². The van der Waals surface area contributed by atoms with E-state index in [4.69, 9.17) is 5.73 Å². The molecule has 0 amide bonds. The summed E-state index contributed by atoms with van der Waals surface area (Å²) in [6.07, 6.45) is 3.98. The molecule has 15 heavy (non-hydrogen) atoms. The summed E-state index contributed by atoms with van der Waals surface area (Å²) in [5.74, 6) is -0.348. The molecule has 0 aliphatic rings. The van der Waals surface area contributed by atoms with Gasteiger partial charge < -0.3 is 10.5 Å². The van der Waals surface area contributed by atoms with Crippen LogP contribution in [0, 0.1) is 0 Å². The Balaban J connectivity index is 2.73. The second kappa shape index (κ2) is 5.98. The summed E-state index contributed by atoms with van der Waals surface area (Å²) in [5.41, 5.74) is 7.61. The van der Waals surface area contributed by atoms with Crippen LogP contribution in [0.1, 0.15) is 11.1 Å². The third kappa shape index (κ3) is 3.95. The first-order valence-electron chi connectivity index (χ1n) is 4.81. The first kappa shape index (κ1) is 11.5. The maximum atomic E-state index is 10.9. The van der Waals surface area contributed by atoms with Crippen molar-refractivity contribution >= 4 is 12.0 Å². The topological polar surface area (TPSA) is 52.3 Å². The van der Waals surface area contributed by atoms with Gasteiger partial charge in [0.25, 0.3) is 0 Å².